The minimum absolute atomic E-state index is 0.114. The van der Waals surface area contributed by atoms with Gasteiger partial charge in [0.15, 0.2) is 0 Å². The highest BCUT2D eigenvalue weighted by Crippen LogP contribution is 2.27. The summed E-state index contributed by atoms with van der Waals surface area (Å²) in [5.41, 5.74) is 1.44. The molecule has 0 aliphatic rings. The summed E-state index contributed by atoms with van der Waals surface area (Å²) < 4.78 is 10.2. The van der Waals surface area contributed by atoms with Crippen molar-refractivity contribution in [2.24, 2.45) is 0 Å². The van der Waals surface area contributed by atoms with E-state index in [0.717, 1.165) is 16.3 Å². The van der Waals surface area contributed by atoms with Crippen molar-refractivity contribution in [3.8, 4) is 0 Å². The molecule has 0 spiro atoms. The highest BCUT2D eigenvalue weighted by molar-refractivity contribution is 5.90. The standard InChI is InChI=1S/C20H15O4/c21-14-24-19(20(22)23-13-15-7-2-1-3-8-15)18-12-6-10-16-9-4-5-11-17(16)18/h1-12,19H,13H2. The molecule has 1 radical (unpaired) electrons. The second-order valence-corrected chi connectivity index (χ2v) is 5.24. The third-order valence-electron chi connectivity index (χ3n) is 3.71. The van der Waals surface area contributed by atoms with Gasteiger partial charge in [0, 0.05) is 5.56 Å². The lowest BCUT2D eigenvalue weighted by Gasteiger charge is -2.16. The molecule has 0 aliphatic carbocycles. The lowest BCUT2D eigenvalue weighted by molar-refractivity contribution is -0.154. The average molecular weight is 319 g/mol. The largest absolute Gasteiger partial charge is 0.458 e. The molecule has 0 saturated carbocycles. The van der Waals surface area contributed by atoms with Gasteiger partial charge in [0.25, 0.3) is 0 Å². The summed E-state index contributed by atoms with van der Waals surface area (Å²) in [5.74, 6) is -0.626. The summed E-state index contributed by atoms with van der Waals surface area (Å²) in [4.78, 5) is 23.2. The van der Waals surface area contributed by atoms with Crippen molar-refractivity contribution in [3.63, 3.8) is 0 Å². The van der Waals surface area contributed by atoms with E-state index in [2.05, 4.69) is 0 Å². The third kappa shape index (κ3) is 3.43. The van der Waals surface area contributed by atoms with E-state index in [0.29, 0.717) is 5.56 Å². The Morgan fingerprint density at radius 3 is 2.42 bits per heavy atom. The predicted molar refractivity (Wildman–Crippen MR) is 89.7 cm³/mol. The molecule has 4 heteroatoms. The van der Waals surface area contributed by atoms with Crippen LogP contribution in [0.3, 0.4) is 0 Å². The highest BCUT2D eigenvalue weighted by Gasteiger charge is 2.26. The summed E-state index contributed by atoms with van der Waals surface area (Å²) in [5, 5.41) is 1.78. The predicted octanol–water partition coefficient (Wildman–Crippen LogP) is 3.71. The quantitative estimate of drug-likeness (QED) is 0.650. The van der Waals surface area contributed by atoms with Crippen molar-refractivity contribution in [3.05, 3.63) is 83.9 Å². The molecule has 3 aromatic carbocycles. The molecule has 1 unspecified atom stereocenters. The van der Waals surface area contributed by atoms with Crippen molar-refractivity contribution in [2.45, 2.75) is 12.7 Å². The van der Waals surface area contributed by atoms with Gasteiger partial charge in [0.05, 0.1) is 0 Å². The van der Waals surface area contributed by atoms with E-state index >= 15 is 0 Å². The van der Waals surface area contributed by atoms with E-state index in [1.807, 2.05) is 66.7 Å². The second-order valence-electron chi connectivity index (χ2n) is 5.24. The zero-order valence-electron chi connectivity index (χ0n) is 12.8. The monoisotopic (exact) mass is 319 g/mol. The van der Waals surface area contributed by atoms with Crippen LogP contribution < -0.4 is 0 Å². The number of benzene rings is 3. The van der Waals surface area contributed by atoms with Crippen molar-refractivity contribution >= 4 is 23.2 Å². The van der Waals surface area contributed by atoms with E-state index in [1.165, 1.54) is 6.47 Å². The zero-order valence-corrected chi connectivity index (χ0v) is 12.8. The van der Waals surface area contributed by atoms with Crippen LogP contribution in [0.5, 0.6) is 0 Å². The Morgan fingerprint density at radius 2 is 1.62 bits per heavy atom. The smallest absolute Gasteiger partial charge is 0.418 e. The van der Waals surface area contributed by atoms with Gasteiger partial charge in [-0.3, -0.25) is 0 Å². The molecule has 1 atom stereocenters. The van der Waals surface area contributed by atoms with Crippen LogP contribution in [0.2, 0.25) is 0 Å². The molecule has 0 aromatic heterocycles. The number of esters is 1. The fourth-order valence-corrected chi connectivity index (χ4v) is 2.57. The first-order valence-electron chi connectivity index (χ1n) is 7.50. The van der Waals surface area contributed by atoms with Gasteiger partial charge in [0.2, 0.25) is 6.10 Å². The van der Waals surface area contributed by atoms with E-state index in [9.17, 15) is 9.59 Å². The van der Waals surface area contributed by atoms with E-state index < -0.39 is 12.1 Å². The fraction of sp³-hybridized carbons (Fsp3) is 0.100. The van der Waals surface area contributed by atoms with Crippen LogP contribution in [0.1, 0.15) is 17.2 Å². The van der Waals surface area contributed by atoms with Crippen LogP contribution >= 0.6 is 0 Å². The average Bonchev–Trinajstić information content (AvgIpc) is 2.65. The maximum absolute atomic E-state index is 12.4. The van der Waals surface area contributed by atoms with Crippen molar-refractivity contribution in [1.29, 1.82) is 0 Å². The molecule has 0 fully saturated rings. The molecule has 119 valence electrons. The molecule has 0 aliphatic heterocycles. The van der Waals surface area contributed by atoms with Gasteiger partial charge in [-0.2, -0.15) is 0 Å². The Bertz CT molecular complexity index is 837. The summed E-state index contributed by atoms with van der Waals surface area (Å²) >= 11 is 0. The van der Waals surface area contributed by atoms with Gasteiger partial charge in [0.1, 0.15) is 6.61 Å². The molecule has 4 nitrogen and oxygen atoms in total. The molecule has 3 aromatic rings. The number of rotatable bonds is 6. The third-order valence-corrected chi connectivity index (χ3v) is 3.71. The zero-order chi connectivity index (χ0) is 16.8. The molecule has 0 N–H and O–H groups in total. The van der Waals surface area contributed by atoms with Crippen LogP contribution in [0.15, 0.2) is 72.8 Å². The normalized spacial score (nSPS) is 11.7. The lowest BCUT2D eigenvalue weighted by atomic mass is 10.0. The number of hydrogen-bond donors (Lipinski definition) is 0. The summed E-state index contributed by atoms with van der Waals surface area (Å²) in [7, 11) is 0. The molecular formula is C20H15O4. The highest BCUT2D eigenvalue weighted by atomic mass is 16.6. The number of fused-ring (bicyclic) bond motifs is 1. The number of carbonyl (C=O) groups is 1. The SMILES string of the molecule is O=[C]OC(C(=O)OCc1ccccc1)c1cccc2ccccc12. The van der Waals surface area contributed by atoms with E-state index in [1.54, 1.807) is 6.07 Å². The van der Waals surface area contributed by atoms with Crippen LogP contribution in [0, 0.1) is 0 Å². The Labute approximate surface area is 139 Å². The van der Waals surface area contributed by atoms with Gasteiger partial charge in [-0.25, -0.2) is 9.59 Å². The molecule has 0 heterocycles. The first-order chi connectivity index (χ1) is 11.8. The molecule has 24 heavy (non-hydrogen) atoms. The Hall–Kier alpha value is -3.14. The minimum atomic E-state index is -1.14. The van der Waals surface area contributed by atoms with Crippen LogP contribution in [0.4, 0.5) is 0 Å². The lowest BCUT2D eigenvalue weighted by Crippen LogP contribution is -2.19. The summed E-state index contributed by atoms with van der Waals surface area (Å²) in [6.45, 7) is 1.47. The Kier molecular flexibility index (Phi) is 4.87. The van der Waals surface area contributed by atoms with Gasteiger partial charge in [-0.15, -0.1) is 0 Å². The summed E-state index contributed by atoms with van der Waals surface area (Å²) in [6, 6.07) is 22.4. The van der Waals surface area contributed by atoms with Crippen LogP contribution in [0.25, 0.3) is 10.8 Å². The second kappa shape index (κ2) is 7.42. The van der Waals surface area contributed by atoms with Crippen molar-refractivity contribution < 1.29 is 19.1 Å². The first kappa shape index (κ1) is 15.7. The molecule has 3 rings (SSSR count). The van der Waals surface area contributed by atoms with Crippen molar-refractivity contribution in [2.75, 3.05) is 0 Å². The molecule has 0 amide bonds. The van der Waals surface area contributed by atoms with Crippen molar-refractivity contribution in [1.82, 2.24) is 0 Å². The van der Waals surface area contributed by atoms with Crippen LogP contribution in [-0.4, -0.2) is 12.4 Å². The first-order valence-corrected chi connectivity index (χ1v) is 7.50. The summed E-state index contributed by atoms with van der Waals surface area (Å²) in [6.07, 6.45) is -1.14. The minimum Gasteiger partial charge on any atom is -0.458 e. The number of carbonyl (C=O) groups excluding carboxylic acids is 2. The fourth-order valence-electron chi connectivity index (χ4n) is 2.57. The van der Waals surface area contributed by atoms with E-state index in [4.69, 9.17) is 9.47 Å². The topological polar surface area (TPSA) is 52.6 Å². The Morgan fingerprint density at radius 1 is 0.917 bits per heavy atom. The van der Waals surface area contributed by atoms with Crippen LogP contribution in [-0.2, 0) is 25.7 Å². The molecular weight excluding hydrogens is 304 g/mol. The maximum atomic E-state index is 12.4. The van der Waals surface area contributed by atoms with Gasteiger partial charge in [-0.05, 0) is 16.3 Å². The molecule has 0 saturated heterocycles. The number of ether oxygens (including phenoxy) is 2. The Balaban J connectivity index is 1.85. The molecule has 0 bridgehead atoms. The maximum Gasteiger partial charge on any atom is 0.418 e. The van der Waals surface area contributed by atoms with E-state index in [-0.39, 0.29) is 6.61 Å². The number of hydrogen-bond acceptors (Lipinski definition) is 4. The van der Waals surface area contributed by atoms with Gasteiger partial charge >= 0.3 is 12.4 Å². The van der Waals surface area contributed by atoms with Gasteiger partial charge < -0.3 is 9.47 Å². The van der Waals surface area contributed by atoms with Gasteiger partial charge in [-0.1, -0.05) is 72.8 Å².